The molecule has 7 heteroatoms. The second-order valence-electron chi connectivity index (χ2n) is 5.23. The maximum atomic E-state index is 13.0. The zero-order valence-corrected chi connectivity index (χ0v) is 14.0. The molecule has 2 aromatic heterocycles. The van der Waals surface area contributed by atoms with Crippen LogP contribution in [-0.4, -0.2) is 20.9 Å². The van der Waals surface area contributed by atoms with Crippen LogP contribution < -0.4 is 5.32 Å². The number of thiazole rings is 1. The molecule has 0 unspecified atom stereocenters. The predicted octanol–water partition coefficient (Wildman–Crippen LogP) is 3.29. The number of nitrogens with zero attached hydrogens (tertiary/aromatic N) is 3. The molecule has 3 rings (SSSR count). The Morgan fingerprint density at radius 1 is 1.21 bits per heavy atom. The predicted molar refractivity (Wildman–Crippen MR) is 90.2 cm³/mol. The highest BCUT2D eigenvalue weighted by Gasteiger charge is 2.13. The molecule has 0 atom stereocenters. The number of nitrogens with one attached hydrogen (secondary N) is 1. The minimum Gasteiger partial charge on any atom is -0.346 e. The zero-order valence-electron chi connectivity index (χ0n) is 13.2. The fourth-order valence-electron chi connectivity index (χ4n) is 2.27. The molecule has 1 N–H and O–H groups in total. The van der Waals surface area contributed by atoms with E-state index < -0.39 is 0 Å². The van der Waals surface area contributed by atoms with Gasteiger partial charge in [0.2, 0.25) is 0 Å². The normalized spacial score (nSPS) is 10.6. The highest BCUT2D eigenvalue weighted by molar-refractivity contribution is 7.13. The van der Waals surface area contributed by atoms with Crippen LogP contribution in [0.25, 0.3) is 11.3 Å². The van der Waals surface area contributed by atoms with Gasteiger partial charge in [-0.3, -0.25) is 4.79 Å². The van der Waals surface area contributed by atoms with Gasteiger partial charge in [0.1, 0.15) is 17.0 Å². The van der Waals surface area contributed by atoms with Crippen LogP contribution in [0.2, 0.25) is 0 Å². The number of halogens is 1. The molecule has 1 amide bonds. The summed E-state index contributed by atoms with van der Waals surface area (Å²) >= 11 is 1.37. The summed E-state index contributed by atoms with van der Waals surface area (Å²) < 4.78 is 13.0. The standard InChI is InChI=1S/C17H15FN4OS/c1-10-16(24-11(2)22-10)17(23)19-8-14-7-15(21-9-20-14)12-3-5-13(18)6-4-12/h3-7,9H,8H2,1-2H3,(H,19,23). The summed E-state index contributed by atoms with van der Waals surface area (Å²) in [6.07, 6.45) is 1.43. The van der Waals surface area contributed by atoms with E-state index in [2.05, 4.69) is 20.3 Å². The van der Waals surface area contributed by atoms with Crippen LogP contribution in [0, 0.1) is 19.7 Å². The first-order valence-corrected chi connectivity index (χ1v) is 8.13. The molecule has 0 fully saturated rings. The van der Waals surface area contributed by atoms with Gasteiger partial charge in [0, 0.05) is 5.56 Å². The molecule has 0 bridgehead atoms. The number of benzene rings is 1. The van der Waals surface area contributed by atoms with E-state index in [4.69, 9.17) is 0 Å². The molecule has 0 saturated heterocycles. The van der Waals surface area contributed by atoms with E-state index in [9.17, 15) is 9.18 Å². The Labute approximate surface area is 142 Å². The Morgan fingerprint density at radius 3 is 2.62 bits per heavy atom. The van der Waals surface area contributed by atoms with Crippen molar-refractivity contribution in [3.8, 4) is 11.3 Å². The van der Waals surface area contributed by atoms with Crippen molar-refractivity contribution in [1.29, 1.82) is 0 Å². The molecule has 5 nitrogen and oxygen atoms in total. The molecule has 122 valence electrons. The van der Waals surface area contributed by atoms with Crippen molar-refractivity contribution in [3.63, 3.8) is 0 Å². The molecule has 24 heavy (non-hydrogen) atoms. The van der Waals surface area contributed by atoms with Crippen molar-refractivity contribution in [2.24, 2.45) is 0 Å². The number of aryl methyl sites for hydroxylation is 2. The van der Waals surface area contributed by atoms with E-state index in [0.717, 1.165) is 16.3 Å². The van der Waals surface area contributed by atoms with Gasteiger partial charge in [-0.2, -0.15) is 0 Å². The molecule has 0 saturated carbocycles. The lowest BCUT2D eigenvalue weighted by Crippen LogP contribution is -2.23. The van der Waals surface area contributed by atoms with Crippen molar-refractivity contribution in [3.05, 3.63) is 63.7 Å². The summed E-state index contributed by atoms with van der Waals surface area (Å²) in [5, 5.41) is 3.70. The van der Waals surface area contributed by atoms with Crippen LogP contribution >= 0.6 is 11.3 Å². The highest BCUT2D eigenvalue weighted by atomic mass is 32.1. The molecule has 1 aromatic carbocycles. The molecule has 0 radical (unpaired) electrons. The van der Waals surface area contributed by atoms with Crippen LogP contribution in [-0.2, 0) is 6.54 Å². The topological polar surface area (TPSA) is 67.8 Å². The highest BCUT2D eigenvalue weighted by Crippen LogP contribution is 2.18. The summed E-state index contributed by atoms with van der Waals surface area (Å²) in [5.41, 5.74) is 2.88. The van der Waals surface area contributed by atoms with Crippen LogP contribution in [0.3, 0.4) is 0 Å². The van der Waals surface area contributed by atoms with E-state index in [1.165, 1.54) is 29.8 Å². The van der Waals surface area contributed by atoms with Gasteiger partial charge in [-0.25, -0.2) is 19.3 Å². The fraction of sp³-hybridized carbons (Fsp3) is 0.176. The molecule has 0 aliphatic carbocycles. The van der Waals surface area contributed by atoms with Crippen LogP contribution in [0.1, 0.15) is 26.1 Å². The van der Waals surface area contributed by atoms with Gasteiger partial charge in [0.05, 0.1) is 28.6 Å². The van der Waals surface area contributed by atoms with Crippen molar-refractivity contribution in [2.45, 2.75) is 20.4 Å². The molecular weight excluding hydrogens is 327 g/mol. The lowest BCUT2D eigenvalue weighted by Gasteiger charge is -2.06. The molecule has 0 aliphatic heterocycles. The average Bonchev–Trinajstić information content (AvgIpc) is 2.92. The van der Waals surface area contributed by atoms with Gasteiger partial charge < -0.3 is 5.32 Å². The lowest BCUT2D eigenvalue weighted by atomic mass is 10.1. The maximum absolute atomic E-state index is 13.0. The maximum Gasteiger partial charge on any atom is 0.263 e. The van der Waals surface area contributed by atoms with E-state index in [1.807, 2.05) is 13.8 Å². The number of carbonyl (C=O) groups is 1. The van der Waals surface area contributed by atoms with Gasteiger partial charge in [-0.05, 0) is 44.2 Å². The average molecular weight is 342 g/mol. The first kappa shape index (κ1) is 16.2. The number of rotatable bonds is 4. The second-order valence-corrected chi connectivity index (χ2v) is 6.43. The van der Waals surface area contributed by atoms with Crippen LogP contribution in [0.4, 0.5) is 4.39 Å². The van der Waals surface area contributed by atoms with Gasteiger partial charge >= 0.3 is 0 Å². The lowest BCUT2D eigenvalue weighted by molar-refractivity contribution is 0.0953. The van der Waals surface area contributed by atoms with E-state index in [1.54, 1.807) is 18.2 Å². The summed E-state index contributed by atoms with van der Waals surface area (Å²) in [6.45, 7) is 3.97. The zero-order chi connectivity index (χ0) is 17.1. The minimum atomic E-state index is -0.296. The Balaban J connectivity index is 1.72. The molecule has 0 spiro atoms. The van der Waals surface area contributed by atoms with Crippen molar-refractivity contribution >= 4 is 17.2 Å². The second kappa shape index (κ2) is 6.84. The number of aromatic nitrogens is 3. The van der Waals surface area contributed by atoms with E-state index in [-0.39, 0.29) is 18.3 Å². The Hall–Kier alpha value is -2.67. The molecule has 2 heterocycles. The van der Waals surface area contributed by atoms with E-state index >= 15 is 0 Å². The van der Waals surface area contributed by atoms with Crippen LogP contribution in [0.5, 0.6) is 0 Å². The Kier molecular flexibility index (Phi) is 4.61. The molecule has 3 aromatic rings. The van der Waals surface area contributed by atoms with E-state index in [0.29, 0.717) is 16.3 Å². The first-order chi connectivity index (χ1) is 11.5. The van der Waals surface area contributed by atoms with Gasteiger partial charge in [-0.15, -0.1) is 11.3 Å². The molecular formula is C17H15FN4OS. The van der Waals surface area contributed by atoms with Crippen molar-refractivity contribution in [1.82, 2.24) is 20.3 Å². The number of hydrogen-bond donors (Lipinski definition) is 1. The van der Waals surface area contributed by atoms with Crippen LogP contribution in [0.15, 0.2) is 36.7 Å². The summed E-state index contributed by atoms with van der Waals surface area (Å²) in [4.78, 5) is 25.4. The summed E-state index contributed by atoms with van der Waals surface area (Å²) in [7, 11) is 0. The minimum absolute atomic E-state index is 0.167. The number of hydrogen-bond acceptors (Lipinski definition) is 5. The number of carbonyl (C=O) groups excluding carboxylic acids is 1. The van der Waals surface area contributed by atoms with Gasteiger partial charge in [0.15, 0.2) is 0 Å². The van der Waals surface area contributed by atoms with Gasteiger partial charge in [-0.1, -0.05) is 0 Å². The summed E-state index contributed by atoms with van der Waals surface area (Å²) in [5.74, 6) is -0.462. The Morgan fingerprint density at radius 2 is 1.96 bits per heavy atom. The third kappa shape index (κ3) is 3.62. The van der Waals surface area contributed by atoms with Gasteiger partial charge in [0.25, 0.3) is 5.91 Å². The number of amides is 1. The monoisotopic (exact) mass is 342 g/mol. The Bertz CT molecular complexity index is 877. The van der Waals surface area contributed by atoms with Crippen molar-refractivity contribution in [2.75, 3.05) is 0 Å². The summed E-state index contributed by atoms with van der Waals surface area (Å²) in [6, 6.07) is 7.85. The fourth-order valence-corrected chi connectivity index (χ4v) is 3.10. The SMILES string of the molecule is Cc1nc(C)c(C(=O)NCc2cc(-c3ccc(F)cc3)ncn2)s1. The molecule has 0 aliphatic rings. The quantitative estimate of drug-likeness (QED) is 0.790. The third-order valence-electron chi connectivity index (χ3n) is 3.40. The third-order valence-corrected chi connectivity index (χ3v) is 4.48. The smallest absolute Gasteiger partial charge is 0.263 e. The first-order valence-electron chi connectivity index (χ1n) is 7.32. The largest absolute Gasteiger partial charge is 0.346 e. The van der Waals surface area contributed by atoms with Crippen molar-refractivity contribution < 1.29 is 9.18 Å².